The van der Waals surface area contributed by atoms with Gasteiger partial charge in [0.25, 0.3) is 5.91 Å². The molecule has 1 fully saturated rings. The Morgan fingerprint density at radius 2 is 2.00 bits per heavy atom. The zero-order valence-corrected chi connectivity index (χ0v) is 10.6. The first-order valence-electron chi connectivity index (χ1n) is 5.72. The lowest BCUT2D eigenvalue weighted by atomic mass is 10.1. The van der Waals surface area contributed by atoms with E-state index in [2.05, 4.69) is 0 Å². The van der Waals surface area contributed by atoms with E-state index in [1.807, 2.05) is 6.07 Å². The number of carbonyl (C=O) groups excluding carboxylic acids is 1. The number of likely N-dealkylation sites (tertiary alicyclic amines) is 1. The Morgan fingerprint density at radius 1 is 1.33 bits per heavy atom. The highest BCUT2D eigenvalue weighted by atomic mass is 32.3. The van der Waals surface area contributed by atoms with Crippen LogP contribution in [0.3, 0.4) is 0 Å². The second-order valence-corrected chi connectivity index (χ2v) is 5.89. The van der Waals surface area contributed by atoms with Crippen LogP contribution in [0.15, 0.2) is 30.3 Å². The van der Waals surface area contributed by atoms with Gasteiger partial charge in [-0.25, -0.2) is 0 Å². The Kier molecular flexibility index (Phi) is 3.65. The first kappa shape index (κ1) is 13.0. The highest BCUT2D eigenvalue weighted by Gasteiger charge is 2.30. The van der Waals surface area contributed by atoms with E-state index in [9.17, 15) is 17.1 Å². The summed E-state index contributed by atoms with van der Waals surface area (Å²) in [5.74, 6) is -0.923. The molecule has 0 aromatic heterocycles. The summed E-state index contributed by atoms with van der Waals surface area (Å²) in [6, 6.07) is 8.78. The third-order valence-corrected chi connectivity index (χ3v) is 3.90. The van der Waals surface area contributed by atoms with Gasteiger partial charge in [0.1, 0.15) is 0 Å². The number of rotatable bonds is 3. The Morgan fingerprint density at radius 3 is 2.61 bits per heavy atom. The second kappa shape index (κ2) is 5.06. The first-order chi connectivity index (χ1) is 8.46. The van der Waals surface area contributed by atoms with E-state index in [0.717, 1.165) is 0 Å². The van der Waals surface area contributed by atoms with Gasteiger partial charge < -0.3 is 4.90 Å². The fourth-order valence-corrected chi connectivity index (χ4v) is 3.03. The van der Waals surface area contributed by atoms with Gasteiger partial charge in [0.2, 0.25) is 0 Å². The van der Waals surface area contributed by atoms with Crippen molar-refractivity contribution in [1.29, 1.82) is 0 Å². The van der Waals surface area contributed by atoms with Crippen LogP contribution in [0.2, 0.25) is 0 Å². The van der Waals surface area contributed by atoms with Gasteiger partial charge in [-0.2, -0.15) is 8.42 Å². The summed E-state index contributed by atoms with van der Waals surface area (Å²) in [4.78, 5) is 13.6. The van der Waals surface area contributed by atoms with Crippen LogP contribution in [0, 0.1) is 5.92 Å². The van der Waals surface area contributed by atoms with Crippen molar-refractivity contribution in [1.82, 2.24) is 4.90 Å². The van der Waals surface area contributed by atoms with E-state index >= 15 is 0 Å². The Balaban J connectivity index is 1.99. The van der Waals surface area contributed by atoms with Crippen molar-refractivity contribution in [2.24, 2.45) is 5.92 Å². The van der Waals surface area contributed by atoms with Crippen LogP contribution >= 0.6 is 0 Å². The van der Waals surface area contributed by atoms with Crippen molar-refractivity contribution >= 4 is 16.1 Å². The molecule has 1 unspecified atom stereocenters. The minimum atomic E-state index is -4.46. The fraction of sp³-hybridized carbons (Fsp3) is 0.417. The van der Waals surface area contributed by atoms with Crippen molar-refractivity contribution in [3.8, 4) is 0 Å². The van der Waals surface area contributed by atoms with E-state index in [0.29, 0.717) is 25.1 Å². The van der Waals surface area contributed by atoms with Crippen molar-refractivity contribution in [2.45, 2.75) is 6.42 Å². The molecule has 0 radical (unpaired) electrons. The molecule has 0 bridgehead atoms. The van der Waals surface area contributed by atoms with Crippen LogP contribution in [0.25, 0.3) is 0 Å². The van der Waals surface area contributed by atoms with E-state index in [1.165, 1.54) is 0 Å². The number of hydrogen-bond acceptors (Lipinski definition) is 3. The summed E-state index contributed by atoms with van der Waals surface area (Å²) in [7, 11) is -4.46. The average Bonchev–Trinajstić information content (AvgIpc) is 2.75. The van der Waals surface area contributed by atoms with E-state index in [1.54, 1.807) is 29.2 Å². The quantitative estimate of drug-likeness (QED) is 0.782. The number of amides is 1. The lowest BCUT2D eigenvalue weighted by Gasteiger charge is -2.16. The molecule has 1 saturated heterocycles. The Labute approximate surface area is 106 Å². The molecular formula is C12H14FNO3S. The predicted molar refractivity (Wildman–Crippen MR) is 65.3 cm³/mol. The fourth-order valence-electron chi connectivity index (χ4n) is 2.20. The maximum atomic E-state index is 12.6. The zero-order chi connectivity index (χ0) is 13.2. The summed E-state index contributed by atoms with van der Waals surface area (Å²) >= 11 is 0. The molecule has 98 valence electrons. The molecule has 1 heterocycles. The number of carbonyl (C=O) groups is 1. The third-order valence-electron chi connectivity index (χ3n) is 3.03. The third kappa shape index (κ3) is 3.29. The molecule has 0 spiro atoms. The van der Waals surface area contributed by atoms with Crippen LogP contribution in [0.5, 0.6) is 0 Å². The molecule has 6 heteroatoms. The zero-order valence-electron chi connectivity index (χ0n) is 9.75. The Bertz CT molecular complexity index is 530. The van der Waals surface area contributed by atoms with Crippen LogP contribution in [0.1, 0.15) is 16.8 Å². The Hall–Kier alpha value is -1.43. The van der Waals surface area contributed by atoms with E-state index in [4.69, 9.17) is 0 Å². The lowest BCUT2D eigenvalue weighted by Crippen LogP contribution is -2.29. The maximum absolute atomic E-state index is 12.6. The van der Waals surface area contributed by atoms with Crippen LogP contribution in [0.4, 0.5) is 3.89 Å². The highest BCUT2D eigenvalue weighted by Crippen LogP contribution is 2.20. The first-order valence-corrected chi connectivity index (χ1v) is 7.27. The molecule has 0 saturated carbocycles. The number of nitrogens with zero attached hydrogens (tertiary/aromatic N) is 1. The van der Waals surface area contributed by atoms with Gasteiger partial charge >= 0.3 is 10.2 Å². The molecule has 18 heavy (non-hydrogen) atoms. The van der Waals surface area contributed by atoms with Crippen LogP contribution in [-0.4, -0.2) is 38.1 Å². The van der Waals surface area contributed by atoms with Crippen molar-refractivity contribution < 1.29 is 17.1 Å². The summed E-state index contributed by atoms with van der Waals surface area (Å²) in [6.07, 6.45) is 0.529. The van der Waals surface area contributed by atoms with Gasteiger partial charge in [-0.3, -0.25) is 4.79 Å². The van der Waals surface area contributed by atoms with Gasteiger partial charge in [-0.05, 0) is 24.5 Å². The minimum Gasteiger partial charge on any atom is -0.338 e. The van der Waals surface area contributed by atoms with Crippen molar-refractivity contribution in [3.05, 3.63) is 35.9 Å². The van der Waals surface area contributed by atoms with Crippen molar-refractivity contribution in [3.63, 3.8) is 0 Å². The standard InChI is InChI=1S/C12H14FNO3S/c13-18(16,17)9-10-6-7-14(8-10)12(15)11-4-2-1-3-5-11/h1-5,10H,6-9H2. The van der Waals surface area contributed by atoms with E-state index in [-0.39, 0.29) is 11.8 Å². The van der Waals surface area contributed by atoms with Crippen LogP contribution in [-0.2, 0) is 10.2 Å². The van der Waals surface area contributed by atoms with Crippen molar-refractivity contribution in [2.75, 3.05) is 18.8 Å². The largest absolute Gasteiger partial charge is 0.338 e. The van der Waals surface area contributed by atoms with Crippen LogP contribution < -0.4 is 0 Å². The summed E-state index contributed by atoms with van der Waals surface area (Å²) < 4.78 is 33.7. The van der Waals surface area contributed by atoms with Gasteiger partial charge in [-0.15, -0.1) is 3.89 Å². The normalized spacial score (nSPS) is 20.1. The lowest BCUT2D eigenvalue weighted by molar-refractivity contribution is 0.0788. The number of benzene rings is 1. The molecule has 0 aliphatic carbocycles. The topological polar surface area (TPSA) is 54.5 Å². The number of halogens is 1. The van der Waals surface area contributed by atoms with Gasteiger partial charge in [0, 0.05) is 18.7 Å². The second-order valence-electron chi connectivity index (χ2n) is 4.48. The van der Waals surface area contributed by atoms with Gasteiger partial charge in [-0.1, -0.05) is 18.2 Å². The van der Waals surface area contributed by atoms with E-state index < -0.39 is 16.0 Å². The van der Waals surface area contributed by atoms with Gasteiger partial charge in [0.05, 0.1) is 5.75 Å². The molecule has 1 amide bonds. The molecular weight excluding hydrogens is 257 g/mol. The molecule has 4 nitrogen and oxygen atoms in total. The minimum absolute atomic E-state index is 0.130. The molecule has 1 aromatic rings. The molecule has 1 aromatic carbocycles. The smallest absolute Gasteiger partial charge is 0.302 e. The monoisotopic (exact) mass is 271 g/mol. The predicted octanol–water partition coefficient (Wildman–Crippen LogP) is 1.45. The molecule has 1 aliphatic rings. The maximum Gasteiger partial charge on any atom is 0.302 e. The highest BCUT2D eigenvalue weighted by molar-refractivity contribution is 7.86. The SMILES string of the molecule is O=C(c1ccccc1)N1CCC(CS(=O)(=O)F)C1. The summed E-state index contributed by atoms with van der Waals surface area (Å²) in [5, 5.41) is 0. The molecule has 1 aliphatic heterocycles. The molecule has 0 N–H and O–H groups in total. The molecule has 2 rings (SSSR count). The number of hydrogen-bond donors (Lipinski definition) is 0. The summed E-state index contributed by atoms with van der Waals surface area (Å²) in [5.41, 5.74) is 0.571. The average molecular weight is 271 g/mol. The van der Waals surface area contributed by atoms with Gasteiger partial charge in [0.15, 0.2) is 0 Å². The summed E-state index contributed by atoms with van der Waals surface area (Å²) in [6.45, 7) is 0.783. The molecule has 1 atom stereocenters.